The number of rotatable bonds is 15. The molecule has 8 aromatic rings. The molecule has 4 fully saturated rings. The summed E-state index contributed by atoms with van der Waals surface area (Å²) in [4.78, 5) is 57.7. The number of nitrogen functional groups attached to an aromatic ring is 2. The fourth-order valence-corrected chi connectivity index (χ4v) is 13.7. The Labute approximate surface area is 557 Å². The normalized spacial score (nSPS) is 24.2. The predicted octanol–water partition coefficient (Wildman–Crippen LogP) is 7.63. The molecule has 0 spiro atoms. The van der Waals surface area contributed by atoms with E-state index >= 15 is 0 Å². The molecule has 0 saturated carbocycles. The number of hydrogen-bond acceptors (Lipinski definition) is 22. The number of aliphatic hydroxyl groups excluding tert-OH is 1. The van der Waals surface area contributed by atoms with Gasteiger partial charge in [0.25, 0.3) is 0 Å². The highest BCUT2D eigenvalue weighted by atomic mass is 16.8. The fourth-order valence-electron chi connectivity index (χ4n) is 13.7. The number of amides is 2. The van der Waals surface area contributed by atoms with Crippen molar-refractivity contribution in [1.82, 2.24) is 39.8 Å². The summed E-state index contributed by atoms with van der Waals surface area (Å²) in [7, 11) is 0. The number of hydrogen-bond donors (Lipinski definition) is 6. The standard InChI is InChI=1S/C35H36N6O7.C20H21NO4.C15H17N5O4/c1-19(2)28(40-33(43)45-15-24-22-11-7-5-9-20(22)21-10-6-8-12-23(21)24)32(42)44-16-26-29-30(48-34(3,4)47-29)35(17-36,46-26)27-14-13-25-31(37)38-18-39-41(25)27;1-12(2)18(19(22)23)21-20(24)25-11-17-15-9-5-3-7-13(15)14-8-4-6-10-16(14)17;1-14(2)23-11-9(5-21)22-15(6-16,12(11)24-14)10-4-3-8-13(17)18-7-19-20(8)10/h5-14,18-19,24,26,28-30H,15-16H2,1-4H3,(H,40,43)(H2,37,38,39);3-10,12,17-18H,11H2,1-2H3,(H,21,24)(H,22,23);3-4,7,9,11-12,21H,5H2,1-2H3,(H2,17,18,19)/t26-,28+,29-,30-,35+;18-;9-,11-,12-,15+/m101/s1. The molecule has 4 aromatic heterocycles. The summed E-state index contributed by atoms with van der Waals surface area (Å²) < 4.78 is 56.2. The molecule has 2 aliphatic carbocycles. The topological polar surface area (TPSA) is 376 Å². The number of esters is 1. The van der Waals surface area contributed by atoms with Crippen LogP contribution in [-0.4, -0.2) is 150 Å². The Morgan fingerprint density at radius 1 is 0.546 bits per heavy atom. The average Bonchev–Trinajstić information content (AvgIpc) is 1.56. The number of fused-ring (bicyclic) bond motifs is 10. The van der Waals surface area contributed by atoms with Crippen LogP contribution in [0.4, 0.5) is 21.2 Å². The summed E-state index contributed by atoms with van der Waals surface area (Å²) in [5.41, 5.74) is 19.6. The van der Waals surface area contributed by atoms with E-state index in [0.29, 0.717) is 28.2 Å². The van der Waals surface area contributed by atoms with Gasteiger partial charge in [0.05, 0.1) is 18.0 Å². The summed E-state index contributed by atoms with van der Waals surface area (Å²) in [5.74, 6) is -3.86. The van der Waals surface area contributed by atoms with Gasteiger partial charge >= 0.3 is 24.1 Å². The second-order valence-corrected chi connectivity index (χ2v) is 25.9. The highest BCUT2D eigenvalue weighted by Crippen LogP contribution is 2.52. The third-order valence-electron chi connectivity index (χ3n) is 18.2. The van der Waals surface area contributed by atoms with Crippen molar-refractivity contribution in [3.05, 3.63) is 168 Å². The number of nitrogens with two attached hydrogens (primary N) is 2. The van der Waals surface area contributed by atoms with Gasteiger partial charge in [-0.3, -0.25) is 0 Å². The lowest BCUT2D eigenvalue weighted by atomic mass is 9.92. The lowest BCUT2D eigenvalue weighted by Crippen LogP contribution is -2.46. The first-order chi connectivity index (χ1) is 46.4. The zero-order chi connectivity index (χ0) is 68.9. The van der Waals surface area contributed by atoms with Gasteiger partial charge in [0.2, 0.25) is 11.2 Å². The molecular weight excluding hydrogens is 1250 g/mol. The number of aromatic nitrogens is 6. The molecule has 0 bridgehead atoms. The van der Waals surface area contributed by atoms with Gasteiger partial charge in [-0.2, -0.15) is 20.7 Å². The van der Waals surface area contributed by atoms with E-state index in [0.717, 1.165) is 44.5 Å². The molecule has 4 aliphatic heterocycles. The number of carbonyl (C=O) groups is 4. The maximum atomic E-state index is 13.4. The van der Waals surface area contributed by atoms with E-state index in [2.05, 4.69) is 67.2 Å². The predicted molar refractivity (Wildman–Crippen MR) is 346 cm³/mol. The number of carboxylic acid groups (broad SMARTS) is 1. The first-order valence-corrected chi connectivity index (χ1v) is 31.7. The molecule has 6 aliphatic rings. The smallest absolute Gasteiger partial charge is 0.407 e. The molecule has 27 nitrogen and oxygen atoms in total. The molecule has 2 amide bonds. The van der Waals surface area contributed by atoms with E-state index < -0.39 is 95.6 Å². The average molecular weight is 1320 g/mol. The van der Waals surface area contributed by atoms with E-state index in [1.54, 1.807) is 79.7 Å². The van der Waals surface area contributed by atoms with Gasteiger partial charge in [-0.15, -0.1) is 0 Å². The molecule has 504 valence electrons. The Morgan fingerprint density at radius 3 is 1.31 bits per heavy atom. The highest BCUT2D eigenvalue weighted by molar-refractivity contribution is 5.83. The van der Waals surface area contributed by atoms with Crippen LogP contribution in [0.25, 0.3) is 33.3 Å². The number of alkyl carbamates (subject to hydrolysis) is 2. The summed E-state index contributed by atoms with van der Waals surface area (Å²) >= 11 is 0. The number of ether oxygens (including phenoxy) is 9. The Hall–Kier alpha value is -10.1. The number of carboxylic acids is 1. The number of nitriles is 2. The first kappa shape index (κ1) is 66.9. The van der Waals surface area contributed by atoms with Crippen molar-refractivity contribution in [2.75, 3.05) is 37.9 Å². The van der Waals surface area contributed by atoms with Gasteiger partial charge in [-0.25, -0.2) is 38.2 Å². The quantitative estimate of drug-likeness (QED) is 0.0424. The minimum Gasteiger partial charge on any atom is -0.480 e. The minimum atomic E-state index is -1.67. The van der Waals surface area contributed by atoms with Crippen molar-refractivity contribution < 1.29 is 72.0 Å². The van der Waals surface area contributed by atoms with Gasteiger partial charge in [0.15, 0.2) is 23.2 Å². The van der Waals surface area contributed by atoms with E-state index in [-0.39, 0.29) is 55.9 Å². The SMILES string of the molecule is CC(C)[C@H](NC(=O)OCC1c2ccccc2-c2ccccc21)C(=O)O.CC(C)[C@H](NC(=O)OCC1c2ccccc2-c2ccccc21)C(=O)OC[C@H]1O[C@@](C#N)(c2ccc3c(N)ncnn23)[C@@H]2OC(C)(C)O[C@@H]21.CC1(C)O[C@H]2[C@@H](O1)[C@](C#N)(c1ccc3c(N)ncnn13)O[C@@H]2CO. The largest absolute Gasteiger partial charge is 0.480 e. The molecule has 0 unspecified atom stereocenters. The second-order valence-electron chi connectivity index (χ2n) is 25.9. The summed E-state index contributed by atoms with van der Waals surface area (Å²) in [6.45, 7) is 13.8. The number of aliphatic hydroxyl groups is 1. The number of anilines is 2. The zero-order valence-electron chi connectivity index (χ0n) is 54.4. The van der Waals surface area contributed by atoms with Crippen molar-refractivity contribution >= 4 is 46.8 Å². The maximum absolute atomic E-state index is 13.4. The molecule has 8 heterocycles. The molecule has 4 saturated heterocycles. The second kappa shape index (κ2) is 26.5. The monoisotopic (exact) mass is 1320 g/mol. The Kier molecular flexibility index (Phi) is 18.3. The number of nitrogens with zero attached hydrogens (tertiary/aromatic N) is 8. The zero-order valence-corrected chi connectivity index (χ0v) is 54.4. The molecular formula is C70H74N12O15. The van der Waals surface area contributed by atoms with E-state index in [1.165, 1.54) is 21.7 Å². The number of carbonyl (C=O) groups excluding carboxylic acids is 3. The lowest BCUT2D eigenvalue weighted by molar-refractivity contribution is -0.207. The van der Waals surface area contributed by atoms with E-state index in [4.69, 9.17) is 59.2 Å². The number of benzene rings is 4. The maximum Gasteiger partial charge on any atom is 0.407 e. The van der Waals surface area contributed by atoms with Crippen LogP contribution in [0.3, 0.4) is 0 Å². The van der Waals surface area contributed by atoms with Gasteiger partial charge in [-0.05, 0) is 108 Å². The van der Waals surface area contributed by atoms with Crippen molar-refractivity contribution in [1.29, 1.82) is 10.5 Å². The number of nitrogens with one attached hydrogen (secondary N) is 2. The molecule has 97 heavy (non-hydrogen) atoms. The molecule has 0 radical (unpaired) electrons. The van der Waals surface area contributed by atoms with E-state index in [9.17, 15) is 34.8 Å². The van der Waals surface area contributed by atoms with Crippen LogP contribution in [0, 0.1) is 34.5 Å². The van der Waals surface area contributed by atoms with Crippen LogP contribution >= 0.6 is 0 Å². The molecule has 27 heteroatoms. The Bertz CT molecular complexity index is 4320. The summed E-state index contributed by atoms with van der Waals surface area (Å²) in [5, 5.41) is 52.9. The van der Waals surface area contributed by atoms with E-state index in [1.807, 2.05) is 72.8 Å². The lowest BCUT2D eigenvalue weighted by Gasteiger charge is -2.29. The van der Waals surface area contributed by atoms with Crippen molar-refractivity contribution in [3.8, 4) is 34.4 Å². The fraction of sp³-hybridized carbons (Fsp3) is 0.400. The van der Waals surface area contributed by atoms with Crippen LogP contribution in [-0.2, 0) is 63.4 Å². The molecule has 8 N–H and O–H groups in total. The molecule has 10 atom stereocenters. The van der Waals surface area contributed by atoms with Crippen molar-refractivity contribution in [2.24, 2.45) is 11.8 Å². The van der Waals surface area contributed by atoms with Crippen LogP contribution in [0.2, 0.25) is 0 Å². The molecule has 4 aromatic carbocycles. The van der Waals surface area contributed by atoms with Crippen LogP contribution in [0.15, 0.2) is 134 Å². The Morgan fingerprint density at radius 2 is 0.928 bits per heavy atom. The third kappa shape index (κ3) is 12.4. The first-order valence-electron chi connectivity index (χ1n) is 31.7. The number of aliphatic carboxylic acids is 1. The van der Waals surface area contributed by atoms with Gasteiger partial charge < -0.3 is 74.9 Å². The van der Waals surface area contributed by atoms with Crippen LogP contribution < -0.4 is 22.1 Å². The third-order valence-corrected chi connectivity index (χ3v) is 18.2. The van der Waals surface area contributed by atoms with Crippen molar-refractivity contribution in [2.45, 2.75) is 139 Å². The van der Waals surface area contributed by atoms with Crippen molar-refractivity contribution in [3.63, 3.8) is 0 Å². The van der Waals surface area contributed by atoms with Crippen LogP contribution in [0.5, 0.6) is 0 Å². The molecule has 14 rings (SSSR count). The summed E-state index contributed by atoms with van der Waals surface area (Å²) in [6.07, 6.45) is -3.31. The van der Waals surface area contributed by atoms with Gasteiger partial charge in [-0.1, -0.05) is 125 Å². The van der Waals surface area contributed by atoms with Gasteiger partial charge in [0, 0.05) is 11.8 Å². The van der Waals surface area contributed by atoms with Crippen LogP contribution in [0.1, 0.15) is 101 Å². The minimum absolute atomic E-state index is 0.0412. The highest BCUT2D eigenvalue weighted by Gasteiger charge is 2.67. The summed E-state index contributed by atoms with van der Waals surface area (Å²) in [6, 6.07) is 41.5. The van der Waals surface area contributed by atoms with Gasteiger partial charge in [0.1, 0.15) is 104 Å². The Balaban J connectivity index is 0.000000153.